The Morgan fingerprint density at radius 2 is 0.611 bits per heavy atom. The van der Waals surface area contributed by atoms with Crippen molar-refractivity contribution in [3.8, 4) is 0 Å². The van der Waals surface area contributed by atoms with Gasteiger partial charge in [0.15, 0.2) is 0 Å². The van der Waals surface area contributed by atoms with Crippen LogP contribution in [0, 0.1) is 0 Å². The first kappa shape index (κ1) is 52.9. The Morgan fingerprint density at radius 3 is 0.944 bits per heavy atom. The maximum absolute atomic E-state index is 10.4. The summed E-state index contributed by atoms with van der Waals surface area (Å²) in [6.45, 7) is 18.9. The van der Waals surface area contributed by atoms with E-state index in [-0.39, 0.29) is 6.42 Å². The minimum absolute atomic E-state index is 0.256. The van der Waals surface area contributed by atoms with Crippen LogP contribution in [0.5, 0.6) is 0 Å². The molecule has 0 aliphatic heterocycles. The molecule has 3 N–H and O–H groups in total. The van der Waals surface area contributed by atoms with Crippen LogP contribution in [0.2, 0.25) is 0 Å². The first-order chi connectivity index (χ1) is 26.8. The molecule has 0 amide bonds. The second-order valence-electron chi connectivity index (χ2n) is 12.1. The minimum Gasteiger partial charge on any atom is -0.481 e. The lowest BCUT2D eigenvalue weighted by atomic mass is 10.2. The van der Waals surface area contributed by atoms with E-state index in [4.69, 9.17) is 61.9 Å². The van der Waals surface area contributed by atoms with Gasteiger partial charge in [0, 0.05) is 19.6 Å². The van der Waals surface area contributed by atoms with Gasteiger partial charge in [-0.3, -0.25) is 4.79 Å². The molecule has 0 saturated heterocycles. The van der Waals surface area contributed by atoms with Crippen LogP contribution < -0.4 is 10.6 Å². The van der Waals surface area contributed by atoms with E-state index < -0.39 is 5.97 Å². The van der Waals surface area contributed by atoms with Crippen molar-refractivity contribution in [2.75, 3.05) is 185 Å². The number of aliphatic carboxylic acids is 1. The molecule has 0 aromatic carbocycles. The molecule has 0 spiro atoms. The maximum Gasteiger partial charge on any atom is 0.303 e. The van der Waals surface area contributed by atoms with Crippen molar-refractivity contribution in [3.05, 3.63) is 0 Å². The van der Waals surface area contributed by atoms with Gasteiger partial charge < -0.3 is 72.6 Å². The van der Waals surface area contributed by atoms with Gasteiger partial charge in [-0.1, -0.05) is 26.2 Å². The van der Waals surface area contributed by atoms with Gasteiger partial charge in [-0.2, -0.15) is 0 Å². The van der Waals surface area contributed by atoms with Crippen LogP contribution >= 0.6 is 0 Å². The normalized spacial score (nSPS) is 11.6. The fraction of sp³-hybridized carbons (Fsp3) is 0.974. The van der Waals surface area contributed by atoms with E-state index in [9.17, 15) is 4.79 Å². The summed E-state index contributed by atoms with van der Waals surface area (Å²) < 4.78 is 66.1. The molecule has 16 heteroatoms. The quantitative estimate of drug-likeness (QED) is 0.0768. The van der Waals surface area contributed by atoms with Crippen molar-refractivity contribution in [3.63, 3.8) is 0 Å². The van der Waals surface area contributed by atoms with Gasteiger partial charge in [-0.05, 0) is 45.3 Å². The fourth-order valence-electron chi connectivity index (χ4n) is 4.42. The van der Waals surface area contributed by atoms with E-state index in [1.54, 1.807) is 0 Å². The number of carboxylic acids is 1. The number of unbranched alkanes of at least 4 members (excludes halogenated alkanes) is 4. The van der Waals surface area contributed by atoms with Gasteiger partial charge in [-0.25, -0.2) is 0 Å². The minimum atomic E-state index is -0.722. The molecule has 0 aromatic heterocycles. The Labute approximate surface area is 326 Å². The van der Waals surface area contributed by atoms with Gasteiger partial charge in [0.05, 0.1) is 152 Å². The second kappa shape index (κ2) is 49.9. The number of carboxylic acid groups (broad SMARTS) is 1. The predicted octanol–water partition coefficient (Wildman–Crippen LogP) is 2.59. The van der Waals surface area contributed by atoms with Gasteiger partial charge in [0.25, 0.3) is 0 Å². The van der Waals surface area contributed by atoms with E-state index in [1.165, 1.54) is 19.3 Å². The zero-order valence-electron chi connectivity index (χ0n) is 33.7. The SMILES string of the molecule is CCCCCNCCOCCOCCOCCOCCOCCOCCOCCOCCOCCOCCOCCOCCCNCCCCCC(=O)O. The first-order valence-electron chi connectivity index (χ1n) is 20.3. The Hall–Kier alpha value is -1.09. The van der Waals surface area contributed by atoms with Crippen molar-refractivity contribution in [1.29, 1.82) is 0 Å². The third-order valence-corrected chi connectivity index (χ3v) is 7.36. The molecule has 0 unspecified atom stereocenters. The Morgan fingerprint density at radius 1 is 0.333 bits per heavy atom. The van der Waals surface area contributed by atoms with Crippen LogP contribution in [0.4, 0.5) is 0 Å². The van der Waals surface area contributed by atoms with E-state index >= 15 is 0 Å². The highest BCUT2D eigenvalue weighted by Crippen LogP contribution is 1.98. The first-order valence-corrected chi connectivity index (χ1v) is 20.3. The second-order valence-corrected chi connectivity index (χ2v) is 12.1. The molecule has 0 aromatic rings. The summed E-state index contributed by atoms with van der Waals surface area (Å²) in [6.07, 6.45) is 7.63. The van der Waals surface area contributed by atoms with Crippen LogP contribution in [0.1, 0.15) is 58.3 Å². The van der Waals surface area contributed by atoms with Crippen LogP contribution in [-0.2, 0) is 61.6 Å². The van der Waals surface area contributed by atoms with Crippen LogP contribution in [-0.4, -0.2) is 196 Å². The Kier molecular flexibility index (Phi) is 48.9. The van der Waals surface area contributed by atoms with Crippen LogP contribution in [0.15, 0.2) is 0 Å². The fourth-order valence-corrected chi connectivity index (χ4v) is 4.42. The highest BCUT2D eigenvalue weighted by Gasteiger charge is 1.99. The summed E-state index contributed by atoms with van der Waals surface area (Å²) in [5, 5.41) is 15.3. The smallest absolute Gasteiger partial charge is 0.303 e. The Balaban J connectivity index is 3.05. The van der Waals surface area contributed by atoms with E-state index in [1.807, 2.05) is 0 Å². The average Bonchev–Trinajstić information content (AvgIpc) is 3.17. The molecule has 16 nitrogen and oxygen atoms in total. The molecule has 0 rings (SSSR count). The largest absolute Gasteiger partial charge is 0.481 e. The number of ether oxygens (including phenoxy) is 12. The molecule has 0 aliphatic carbocycles. The topological polar surface area (TPSA) is 172 Å². The lowest BCUT2D eigenvalue weighted by Gasteiger charge is -2.09. The van der Waals surface area contributed by atoms with E-state index in [2.05, 4.69) is 17.6 Å². The van der Waals surface area contributed by atoms with Gasteiger partial charge in [0.2, 0.25) is 0 Å². The molecule has 0 radical (unpaired) electrons. The zero-order chi connectivity index (χ0) is 38.9. The number of hydrogen-bond acceptors (Lipinski definition) is 15. The third-order valence-electron chi connectivity index (χ3n) is 7.36. The zero-order valence-corrected chi connectivity index (χ0v) is 33.7. The molecule has 54 heavy (non-hydrogen) atoms. The summed E-state index contributed by atoms with van der Waals surface area (Å²) >= 11 is 0. The molecule has 0 saturated carbocycles. The highest BCUT2D eigenvalue weighted by molar-refractivity contribution is 5.66. The van der Waals surface area contributed by atoms with Gasteiger partial charge in [0.1, 0.15) is 0 Å². The van der Waals surface area contributed by atoms with Crippen molar-refractivity contribution >= 4 is 5.97 Å². The van der Waals surface area contributed by atoms with Crippen molar-refractivity contribution in [1.82, 2.24) is 10.6 Å². The molecule has 0 atom stereocenters. The average molecular weight is 787 g/mol. The molecule has 0 aliphatic rings. The van der Waals surface area contributed by atoms with E-state index in [0.717, 1.165) is 51.9 Å². The van der Waals surface area contributed by atoms with Crippen molar-refractivity contribution in [2.24, 2.45) is 0 Å². The number of rotatable bonds is 50. The predicted molar refractivity (Wildman–Crippen MR) is 206 cm³/mol. The monoisotopic (exact) mass is 787 g/mol. The maximum atomic E-state index is 10.4. The molecular formula is C38H78N2O14. The molecule has 0 heterocycles. The lowest BCUT2D eigenvalue weighted by Crippen LogP contribution is -2.21. The molecular weight excluding hydrogens is 708 g/mol. The Bertz CT molecular complexity index is 702. The highest BCUT2D eigenvalue weighted by atomic mass is 16.6. The van der Waals surface area contributed by atoms with Gasteiger partial charge in [-0.15, -0.1) is 0 Å². The number of nitrogens with one attached hydrogen (secondary N) is 2. The standard InChI is InChI=1S/C38H78N2O14/c1-2-3-6-10-40-13-15-44-17-19-46-21-23-48-25-27-50-29-31-52-33-35-54-37-36-53-34-32-51-30-28-49-26-24-47-22-20-45-18-16-43-14-8-12-39-11-7-4-5-9-38(41)42/h39-40H,2-37H2,1H3,(H,41,42). The summed E-state index contributed by atoms with van der Waals surface area (Å²) in [5.74, 6) is -0.722. The van der Waals surface area contributed by atoms with Gasteiger partial charge >= 0.3 is 5.97 Å². The lowest BCUT2D eigenvalue weighted by molar-refractivity contribution is -0.137. The number of carbonyl (C=O) groups is 1. The third kappa shape index (κ3) is 50.9. The van der Waals surface area contributed by atoms with Crippen LogP contribution in [0.25, 0.3) is 0 Å². The number of hydrogen-bond donors (Lipinski definition) is 3. The van der Waals surface area contributed by atoms with E-state index in [0.29, 0.717) is 159 Å². The van der Waals surface area contributed by atoms with Crippen molar-refractivity contribution < 1.29 is 66.7 Å². The summed E-state index contributed by atoms with van der Waals surface area (Å²) in [4.78, 5) is 10.4. The summed E-state index contributed by atoms with van der Waals surface area (Å²) in [6, 6.07) is 0. The van der Waals surface area contributed by atoms with Crippen molar-refractivity contribution in [2.45, 2.75) is 58.3 Å². The summed E-state index contributed by atoms with van der Waals surface area (Å²) in [5.41, 5.74) is 0. The molecule has 0 fully saturated rings. The van der Waals surface area contributed by atoms with Crippen LogP contribution in [0.3, 0.4) is 0 Å². The molecule has 324 valence electrons. The molecule has 0 bridgehead atoms. The summed E-state index contributed by atoms with van der Waals surface area (Å²) in [7, 11) is 0.